The average molecular weight is 326 g/mol. The molecule has 0 aromatic heterocycles. The fourth-order valence-electron chi connectivity index (χ4n) is 3.39. The smallest absolute Gasteiger partial charge is 0.00271 e. The summed E-state index contributed by atoms with van der Waals surface area (Å²) >= 11 is 0. The number of allylic oxidation sites excluding steroid dienone is 1. The Bertz CT molecular complexity index is 757. The van der Waals surface area contributed by atoms with Crippen molar-refractivity contribution in [3.8, 4) is 0 Å². The van der Waals surface area contributed by atoms with Crippen LogP contribution in [-0.2, 0) is 0 Å². The quantitative estimate of drug-likeness (QED) is 0.435. The van der Waals surface area contributed by atoms with E-state index in [9.17, 15) is 0 Å². The summed E-state index contributed by atoms with van der Waals surface area (Å²) in [6, 6.07) is 32.4. The van der Waals surface area contributed by atoms with Crippen molar-refractivity contribution in [1.82, 2.24) is 0 Å². The Morgan fingerprint density at radius 1 is 0.680 bits per heavy atom. The highest BCUT2D eigenvalue weighted by molar-refractivity contribution is 5.50. The maximum absolute atomic E-state index is 2.37. The second-order valence-electron chi connectivity index (χ2n) is 6.54. The van der Waals surface area contributed by atoms with Gasteiger partial charge in [-0.3, -0.25) is 0 Å². The van der Waals surface area contributed by atoms with Crippen molar-refractivity contribution < 1.29 is 0 Å². The second kappa shape index (κ2) is 9.03. The summed E-state index contributed by atoms with van der Waals surface area (Å²) in [7, 11) is 0. The van der Waals surface area contributed by atoms with Crippen LogP contribution in [0.2, 0.25) is 0 Å². The lowest BCUT2D eigenvalue weighted by molar-refractivity contribution is 0.571. The molecule has 0 nitrogen and oxygen atoms in total. The monoisotopic (exact) mass is 326 g/mol. The Hall–Kier alpha value is -2.60. The molecule has 2 atom stereocenters. The summed E-state index contributed by atoms with van der Waals surface area (Å²) < 4.78 is 0. The van der Waals surface area contributed by atoms with E-state index in [1.165, 1.54) is 16.7 Å². The van der Waals surface area contributed by atoms with Gasteiger partial charge in [-0.2, -0.15) is 0 Å². The Labute approximate surface area is 151 Å². The summed E-state index contributed by atoms with van der Waals surface area (Å²) in [6.45, 7) is 2.29. The van der Waals surface area contributed by atoms with Gasteiger partial charge in [0.05, 0.1) is 0 Å². The van der Waals surface area contributed by atoms with Crippen molar-refractivity contribution in [3.05, 3.63) is 114 Å². The molecule has 0 N–H and O–H groups in total. The van der Waals surface area contributed by atoms with Crippen LogP contribution in [0.3, 0.4) is 0 Å². The van der Waals surface area contributed by atoms with E-state index < -0.39 is 0 Å². The third-order valence-corrected chi connectivity index (χ3v) is 4.85. The Balaban J connectivity index is 1.85. The lowest BCUT2D eigenvalue weighted by atomic mass is 9.83. The van der Waals surface area contributed by atoms with Crippen LogP contribution in [0.4, 0.5) is 0 Å². The van der Waals surface area contributed by atoms with E-state index in [0.717, 1.165) is 12.8 Å². The topological polar surface area (TPSA) is 0 Å². The number of hydrogen-bond donors (Lipinski definition) is 0. The minimum atomic E-state index is 0.423. The van der Waals surface area contributed by atoms with E-state index in [1.807, 2.05) is 0 Å². The molecule has 0 aliphatic heterocycles. The molecule has 0 bridgehead atoms. The fourth-order valence-corrected chi connectivity index (χ4v) is 3.39. The molecule has 3 aromatic rings. The molecule has 3 aromatic carbocycles. The number of hydrogen-bond acceptors (Lipinski definition) is 0. The van der Waals surface area contributed by atoms with Gasteiger partial charge in [0.25, 0.3) is 0 Å². The van der Waals surface area contributed by atoms with Gasteiger partial charge < -0.3 is 0 Å². The molecule has 0 fully saturated rings. The van der Waals surface area contributed by atoms with Crippen molar-refractivity contribution in [2.45, 2.75) is 31.6 Å². The molecule has 0 aliphatic carbocycles. The summed E-state index contributed by atoms with van der Waals surface area (Å²) in [5.74, 6) is 0.999. The third-order valence-electron chi connectivity index (χ3n) is 4.85. The Morgan fingerprint density at radius 3 is 1.76 bits per heavy atom. The molecule has 25 heavy (non-hydrogen) atoms. The van der Waals surface area contributed by atoms with E-state index in [-0.39, 0.29) is 0 Å². The fraction of sp³-hybridized carbons (Fsp3) is 0.200. The summed E-state index contributed by atoms with van der Waals surface area (Å²) in [6.07, 6.45) is 6.92. The van der Waals surface area contributed by atoms with Crippen molar-refractivity contribution in [1.29, 1.82) is 0 Å². The Morgan fingerprint density at radius 2 is 1.20 bits per heavy atom. The van der Waals surface area contributed by atoms with Crippen molar-refractivity contribution >= 4 is 6.08 Å². The maximum Gasteiger partial charge on any atom is 0.00271 e. The van der Waals surface area contributed by atoms with Crippen LogP contribution in [0, 0.1) is 0 Å². The molecule has 0 amide bonds. The van der Waals surface area contributed by atoms with Gasteiger partial charge in [-0.1, -0.05) is 110 Å². The molecule has 0 saturated carbocycles. The lowest BCUT2D eigenvalue weighted by Crippen LogP contribution is -2.04. The first-order valence-corrected chi connectivity index (χ1v) is 9.20. The normalized spacial score (nSPS) is 13.6. The van der Waals surface area contributed by atoms with Crippen LogP contribution in [0.25, 0.3) is 6.08 Å². The van der Waals surface area contributed by atoms with Gasteiger partial charge in [-0.25, -0.2) is 0 Å². The molecule has 3 rings (SSSR count). The van der Waals surface area contributed by atoms with Gasteiger partial charge in [0.2, 0.25) is 0 Å². The first-order valence-electron chi connectivity index (χ1n) is 9.20. The molecule has 0 heteroatoms. The van der Waals surface area contributed by atoms with Crippen LogP contribution in [-0.4, -0.2) is 0 Å². The highest BCUT2D eigenvalue weighted by atomic mass is 14.2. The first-order chi connectivity index (χ1) is 12.4. The second-order valence-corrected chi connectivity index (χ2v) is 6.54. The molecule has 0 aliphatic rings. The van der Waals surface area contributed by atoms with Gasteiger partial charge >= 0.3 is 0 Å². The molecule has 0 radical (unpaired) electrons. The summed E-state index contributed by atoms with van der Waals surface area (Å²) in [5.41, 5.74) is 4.10. The van der Waals surface area contributed by atoms with Gasteiger partial charge in [-0.05, 0) is 35.4 Å². The third kappa shape index (κ3) is 4.93. The van der Waals surface area contributed by atoms with Gasteiger partial charge in [0.15, 0.2) is 0 Å². The van der Waals surface area contributed by atoms with Crippen molar-refractivity contribution in [2.24, 2.45) is 0 Å². The highest BCUT2D eigenvalue weighted by Crippen LogP contribution is 2.33. The zero-order valence-corrected chi connectivity index (χ0v) is 14.9. The van der Waals surface area contributed by atoms with Gasteiger partial charge in [0.1, 0.15) is 0 Å². The van der Waals surface area contributed by atoms with Gasteiger partial charge in [0, 0.05) is 5.92 Å². The summed E-state index contributed by atoms with van der Waals surface area (Å²) in [5, 5.41) is 0. The van der Waals surface area contributed by atoms with Crippen molar-refractivity contribution in [2.75, 3.05) is 0 Å². The standard InChI is InChI=1S/C25H26/c1-2-22(23-14-8-4-9-15-23)20-25(24-16-10-5-11-17-24)19-18-21-12-6-3-7-13-21/h3-19,22,25H,2,20H2,1H3/b19-18+. The number of benzene rings is 3. The van der Waals surface area contributed by atoms with E-state index in [2.05, 4.69) is 110 Å². The van der Waals surface area contributed by atoms with E-state index >= 15 is 0 Å². The average Bonchev–Trinajstić information content (AvgIpc) is 2.70. The molecule has 0 heterocycles. The minimum Gasteiger partial charge on any atom is -0.0764 e. The number of rotatable bonds is 7. The highest BCUT2D eigenvalue weighted by Gasteiger charge is 2.16. The molecule has 126 valence electrons. The molecule has 2 unspecified atom stereocenters. The molecule has 0 saturated heterocycles. The van der Waals surface area contributed by atoms with E-state index in [4.69, 9.17) is 0 Å². The van der Waals surface area contributed by atoms with E-state index in [0.29, 0.717) is 11.8 Å². The van der Waals surface area contributed by atoms with Crippen LogP contribution >= 0.6 is 0 Å². The lowest BCUT2D eigenvalue weighted by Gasteiger charge is -2.21. The van der Waals surface area contributed by atoms with Crippen LogP contribution < -0.4 is 0 Å². The molecule has 0 spiro atoms. The molecular weight excluding hydrogens is 300 g/mol. The zero-order valence-electron chi connectivity index (χ0n) is 14.9. The predicted molar refractivity (Wildman–Crippen MR) is 109 cm³/mol. The van der Waals surface area contributed by atoms with Crippen molar-refractivity contribution in [3.63, 3.8) is 0 Å². The first kappa shape index (κ1) is 17.2. The SMILES string of the molecule is CCC(CC(/C=C/c1ccccc1)c1ccccc1)c1ccccc1. The van der Waals surface area contributed by atoms with E-state index in [1.54, 1.807) is 0 Å². The Kier molecular flexibility index (Phi) is 6.23. The molecular formula is C25H26. The van der Waals surface area contributed by atoms with Crippen LogP contribution in [0.15, 0.2) is 97.1 Å². The van der Waals surface area contributed by atoms with Gasteiger partial charge in [-0.15, -0.1) is 0 Å². The van der Waals surface area contributed by atoms with Crippen LogP contribution in [0.5, 0.6) is 0 Å². The largest absolute Gasteiger partial charge is 0.0764 e. The predicted octanol–water partition coefficient (Wildman–Crippen LogP) is 7.07. The maximum atomic E-state index is 2.37. The zero-order chi connectivity index (χ0) is 17.3. The summed E-state index contributed by atoms with van der Waals surface area (Å²) in [4.78, 5) is 0. The minimum absolute atomic E-state index is 0.423. The van der Waals surface area contributed by atoms with Crippen LogP contribution in [0.1, 0.15) is 48.3 Å².